The molecule has 2 amide bonds. The smallest absolute Gasteiger partial charge is 0.245 e. The van der Waals surface area contributed by atoms with Gasteiger partial charge in [-0.25, -0.2) is 0 Å². The lowest BCUT2D eigenvalue weighted by Gasteiger charge is -2.28. The summed E-state index contributed by atoms with van der Waals surface area (Å²) in [7, 11) is 3.20. The number of carbonyl (C=O) groups is 2. The summed E-state index contributed by atoms with van der Waals surface area (Å²) >= 11 is 8.13. The highest BCUT2D eigenvalue weighted by molar-refractivity contribution is 7.10. The molecule has 0 saturated carbocycles. The van der Waals surface area contributed by atoms with Crippen LogP contribution in [0.2, 0.25) is 0 Å². The van der Waals surface area contributed by atoms with Gasteiger partial charge in [-0.15, -0.1) is 29.5 Å². The highest BCUT2D eigenvalue weighted by atomic mass is 35.5. The lowest BCUT2D eigenvalue weighted by Crippen LogP contribution is -2.44. The van der Waals surface area contributed by atoms with Gasteiger partial charge in [0.1, 0.15) is 11.9 Å². The molecule has 37 heavy (non-hydrogen) atoms. The number of thiophene rings is 1. The summed E-state index contributed by atoms with van der Waals surface area (Å²) in [4.78, 5) is 31.2. The van der Waals surface area contributed by atoms with Crippen LogP contribution in [-0.2, 0) is 22.6 Å². The van der Waals surface area contributed by atoms with E-state index >= 15 is 0 Å². The third-order valence-corrected chi connectivity index (χ3v) is 7.52. The molecule has 0 N–H and O–H groups in total. The van der Waals surface area contributed by atoms with Crippen LogP contribution in [0.3, 0.4) is 0 Å². The van der Waals surface area contributed by atoms with Gasteiger partial charge < -0.3 is 19.3 Å². The van der Waals surface area contributed by atoms with Gasteiger partial charge >= 0.3 is 0 Å². The van der Waals surface area contributed by atoms with Crippen LogP contribution in [0.25, 0.3) is 0 Å². The van der Waals surface area contributed by atoms with Gasteiger partial charge in [-0.1, -0.05) is 42.5 Å². The molecule has 0 saturated heterocycles. The number of aryl methyl sites for hydroxylation is 1. The fourth-order valence-corrected chi connectivity index (χ4v) is 5.11. The number of carbonyl (C=O) groups excluding carboxylic acids is 2. The SMILES string of the molecule is C=CCN(CC(=O)N(CCc1ccc(OC)c(OC)c1)Cc1sccc1C)C(=O)C(Cl)c1ccccc1. The fraction of sp³-hybridized carbons (Fsp3) is 0.310. The third-order valence-electron chi connectivity index (χ3n) is 6.07. The molecule has 0 aliphatic carbocycles. The van der Waals surface area contributed by atoms with Crippen molar-refractivity contribution in [2.75, 3.05) is 33.9 Å². The van der Waals surface area contributed by atoms with E-state index in [4.69, 9.17) is 21.1 Å². The Hall–Kier alpha value is -3.29. The molecule has 1 atom stereocenters. The molecule has 1 aromatic heterocycles. The first-order valence-corrected chi connectivity index (χ1v) is 13.3. The van der Waals surface area contributed by atoms with Crippen LogP contribution in [-0.4, -0.2) is 55.5 Å². The van der Waals surface area contributed by atoms with E-state index < -0.39 is 5.38 Å². The summed E-state index contributed by atoms with van der Waals surface area (Å²) in [5.74, 6) is 0.818. The van der Waals surface area contributed by atoms with E-state index in [1.807, 2.05) is 54.8 Å². The van der Waals surface area contributed by atoms with Crippen LogP contribution in [0, 0.1) is 6.92 Å². The number of alkyl halides is 1. The molecule has 3 aromatic rings. The number of benzene rings is 2. The normalized spacial score (nSPS) is 11.5. The number of hydrogen-bond donors (Lipinski definition) is 0. The Morgan fingerprint density at radius 3 is 2.41 bits per heavy atom. The molecular formula is C29H33ClN2O4S. The van der Waals surface area contributed by atoms with Gasteiger partial charge in [-0.05, 0) is 53.6 Å². The van der Waals surface area contributed by atoms with Gasteiger partial charge in [0, 0.05) is 18.0 Å². The van der Waals surface area contributed by atoms with Gasteiger partial charge in [0.2, 0.25) is 11.8 Å². The highest BCUT2D eigenvalue weighted by Gasteiger charge is 2.27. The molecular weight excluding hydrogens is 508 g/mol. The predicted octanol–water partition coefficient (Wildman–Crippen LogP) is 5.64. The molecule has 196 valence electrons. The average Bonchev–Trinajstić information content (AvgIpc) is 3.33. The predicted molar refractivity (Wildman–Crippen MR) is 150 cm³/mol. The maximum atomic E-state index is 13.6. The average molecular weight is 541 g/mol. The summed E-state index contributed by atoms with van der Waals surface area (Å²) < 4.78 is 10.8. The van der Waals surface area contributed by atoms with Crippen LogP contribution in [0.4, 0.5) is 0 Å². The molecule has 1 heterocycles. The van der Waals surface area contributed by atoms with Gasteiger partial charge in [0.25, 0.3) is 0 Å². The van der Waals surface area contributed by atoms with E-state index in [2.05, 4.69) is 6.58 Å². The summed E-state index contributed by atoms with van der Waals surface area (Å²) in [6, 6.07) is 16.9. The van der Waals surface area contributed by atoms with Crippen LogP contribution in [0.15, 0.2) is 72.6 Å². The zero-order valence-corrected chi connectivity index (χ0v) is 23.1. The van der Waals surface area contributed by atoms with Crippen molar-refractivity contribution < 1.29 is 19.1 Å². The highest BCUT2D eigenvalue weighted by Crippen LogP contribution is 2.28. The number of nitrogens with zero attached hydrogens (tertiary/aromatic N) is 2. The van der Waals surface area contributed by atoms with Crippen LogP contribution >= 0.6 is 22.9 Å². The van der Waals surface area contributed by atoms with Crippen molar-refractivity contribution in [3.05, 3.63) is 94.2 Å². The number of rotatable bonds is 13. The lowest BCUT2D eigenvalue weighted by atomic mass is 10.1. The van der Waals surface area contributed by atoms with Crippen molar-refractivity contribution in [2.45, 2.75) is 25.3 Å². The third kappa shape index (κ3) is 7.60. The molecule has 8 heteroatoms. The van der Waals surface area contributed by atoms with Crippen molar-refractivity contribution in [3.8, 4) is 11.5 Å². The largest absolute Gasteiger partial charge is 0.493 e. The lowest BCUT2D eigenvalue weighted by molar-refractivity contribution is -0.140. The molecule has 2 aromatic carbocycles. The minimum atomic E-state index is -0.881. The van der Waals surface area contributed by atoms with E-state index in [1.165, 1.54) is 4.90 Å². The van der Waals surface area contributed by atoms with E-state index in [0.29, 0.717) is 36.6 Å². The molecule has 0 spiro atoms. The van der Waals surface area contributed by atoms with E-state index in [0.717, 1.165) is 16.0 Å². The van der Waals surface area contributed by atoms with Crippen molar-refractivity contribution in [3.63, 3.8) is 0 Å². The second kappa shape index (κ2) is 13.9. The van der Waals surface area contributed by atoms with Crippen molar-refractivity contribution in [1.82, 2.24) is 9.80 Å². The second-order valence-electron chi connectivity index (χ2n) is 8.56. The standard InChI is InChI=1S/C29H33ClN2O4S/c1-5-15-32(29(34)28(30)23-9-7-6-8-10-23)20-27(33)31(19-26-21(2)14-17-37-26)16-13-22-11-12-24(35-3)25(18-22)36-4/h5-12,14,17-18,28H,1,13,15-16,19-20H2,2-4H3. The molecule has 1 unspecified atom stereocenters. The number of amides is 2. The quantitative estimate of drug-likeness (QED) is 0.208. The molecule has 0 fully saturated rings. The second-order valence-corrected chi connectivity index (χ2v) is 10.00. The van der Waals surface area contributed by atoms with Crippen LogP contribution < -0.4 is 9.47 Å². The molecule has 3 rings (SSSR count). The zero-order chi connectivity index (χ0) is 26.8. The summed E-state index contributed by atoms with van der Waals surface area (Å²) in [6.45, 7) is 6.88. The van der Waals surface area contributed by atoms with Gasteiger partial charge in [0.05, 0.1) is 20.8 Å². The summed E-state index contributed by atoms with van der Waals surface area (Å²) in [6.07, 6.45) is 2.23. The van der Waals surface area contributed by atoms with E-state index in [1.54, 1.807) is 48.7 Å². The van der Waals surface area contributed by atoms with Crippen LogP contribution in [0.5, 0.6) is 11.5 Å². The van der Waals surface area contributed by atoms with Gasteiger partial charge in [-0.3, -0.25) is 9.59 Å². The van der Waals surface area contributed by atoms with E-state index in [9.17, 15) is 9.59 Å². The number of hydrogen-bond acceptors (Lipinski definition) is 5. The Labute approximate surface area is 228 Å². The van der Waals surface area contributed by atoms with Crippen molar-refractivity contribution >= 4 is 34.8 Å². The Morgan fingerprint density at radius 1 is 1.05 bits per heavy atom. The van der Waals surface area contributed by atoms with Gasteiger partial charge in [0.15, 0.2) is 11.5 Å². The maximum Gasteiger partial charge on any atom is 0.245 e. The molecule has 0 aliphatic heterocycles. The Morgan fingerprint density at radius 2 is 1.78 bits per heavy atom. The monoisotopic (exact) mass is 540 g/mol. The van der Waals surface area contributed by atoms with Crippen LogP contribution in [0.1, 0.15) is 26.9 Å². The van der Waals surface area contributed by atoms with Crippen molar-refractivity contribution in [1.29, 1.82) is 0 Å². The summed E-state index contributed by atoms with van der Waals surface area (Å²) in [5.41, 5.74) is 2.84. The Kier molecular flexibility index (Phi) is 10.6. The Balaban J connectivity index is 1.78. The first kappa shape index (κ1) is 28.3. The number of halogens is 1. The zero-order valence-electron chi connectivity index (χ0n) is 21.5. The minimum Gasteiger partial charge on any atom is -0.493 e. The van der Waals surface area contributed by atoms with E-state index in [-0.39, 0.29) is 24.9 Å². The topological polar surface area (TPSA) is 59.1 Å². The Bertz CT molecular complexity index is 1200. The maximum absolute atomic E-state index is 13.6. The minimum absolute atomic E-state index is 0.0860. The molecule has 6 nitrogen and oxygen atoms in total. The molecule has 0 radical (unpaired) electrons. The molecule has 0 aliphatic rings. The van der Waals surface area contributed by atoms with Gasteiger partial charge in [-0.2, -0.15) is 0 Å². The molecule has 0 bridgehead atoms. The fourth-order valence-electron chi connectivity index (χ4n) is 3.91. The van der Waals surface area contributed by atoms with Crippen molar-refractivity contribution in [2.24, 2.45) is 0 Å². The number of ether oxygens (including phenoxy) is 2. The number of methoxy groups -OCH3 is 2. The first-order chi connectivity index (χ1) is 17.9. The first-order valence-electron chi connectivity index (χ1n) is 12.0. The summed E-state index contributed by atoms with van der Waals surface area (Å²) in [5, 5.41) is 1.14.